The van der Waals surface area contributed by atoms with E-state index >= 15 is 0 Å². The molecule has 6 nitrogen and oxygen atoms in total. The number of H-pyrrole nitrogens is 1. The van der Waals surface area contributed by atoms with Crippen molar-refractivity contribution in [3.63, 3.8) is 0 Å². The van der Waals surface area contributed by atoms with Gasteiger partial charge < -0.3 is 9.30 Å². The zero-order valence-electron chi connectivity index (χ0n) is 14.2. The number of benzene rings is 1. The smallest absolute Gasteiger partial charge is 0.359 e. The van der Waals surface area contributed by atoms with Crippen molar-refractivity contribution < 1.29 is 14.3 Å². The van der Waals surface area contributed by atoms with Crippen LogP contribution in [0.5, 0.6) is 0 Å². The minimum Gasteiger partial charge on any atom is -0.452 e. The summed E-state index contributed by atoms with van der Waals surface area (Å²) in [4.78, 5) is 24.7. The van der Waals surface area contributed by atoms with E-state index in [1.165, 1.54) is 0 Å². The summed E-state index contributed by atoms with van der Waals surface area (Å²) in [5.74, 6) is -0.859. The van der Waals surface area contributed by atoms with Gasteiger partial charge in [0.05, 0.1) is 5.52 Å². The molecule has 1 N–H and O–H groups in total. The molecule has 1 aromatic carbocycles. The summed E-state index contributed by atoms with van der Waals surface area (Å²) >= 11 is 0. The highest BCUT2D eigenvalue weighted by molar-refractivity contribution is 6.04. The third-order valence-corrected chi connectivity index (χ3v) is 4.18. The van der Waals surface area contributed by atoms with Crippen LogP contribution in [0.25, 0.3) is 10.9 Å². The quantitative estimate of drug-likeness (QED) is 0.426. The molecular formula is C19H19N3O3. The van der Waals surface area contributed by atoms with Crippen molar-refractivity contribution in [1.82, 2.24) is 14.8 Å². The summed E-state index contributed by atoms with van der Waals surface area (Å²) in [5, 5.41) is 7.42. The highest BCUT2D eigenvalue weighted by atomic mass is 16.5. The normalized spacial score (nSPS) is 10.8. The minimum atomic E-state index is -0.620. The fourth-order valence-electron chi connectivity index (χ4n) is 2.89. The maximum atomic E-state index is 12.4. The Hall–Kier alpha value is -3.15. The van der Waals surface area contributed by atoms with Crippen molar-refractivity contribution in [2.75, 3.05) is 6.61 Å². The minimum absolute atomic E-state index is 0.181. The molecule has 0 fully saturated rings. The predicted octanol–water partition coefficient (Wildman–Crippen LogP) is 3.21. The molecule has 2 heterocycles. The van der Waals surface area contributed by atoms with Crippen molar-refractivity contribution in [3.8, 4) is 0 Å². The monoisotopic (exact) mass is 337 g/mol. The lowest BCUT2D eigenvalue weighted by Crippen LogP contribution is -2.15. The maximum Gasteiger partial charge on any atom is 0.359 e. The lowest BCUT2D eigenvalue weighted by molar-refractivity contribution is 0.0470. The van der Waals surface area contributed by atoms with Gasteiger partial charge in [-0.3, -0.25) is 9.89 Å². The number of carbonyl (C=O) groups is 2. The van der Waals surface area contributed by atoms with Crippen LogP contribution in [0.15, 0.2) is 43.0 Å². The summed E-state index contributed by atoms with van der Waals surface area (Å²) in [7, 11) is 0. The number of para-hydroxylation sites is 1. The number of allylic oxidation sites excluding steroid dienone is 1. The molecule has 0 spiro atoms. The first-order valence-electron chi connectivity index (χ1n) is 7.94. The van der Waals surface area contributed by atoms with E-state index in [0.29, 0.717) is 17.5 Å². The van der Waals surface area contributed by atoms with Crippen LogP contribution >= 0.6 is 0 Å². The average Bonchev–Trinajstić information content (AvgIpc) is 3.16. The number of hydrogen-bond donors (Lipinski definition) is 1. The number of ketones is 1. The van der Waals surface area contributed by atoms with E-state index in [1.807, 2.05) is 36.6 Å². The van der Waals surface area contributed by atoms with E-state index < -0.39 is 5.97 Å². The highest BCUT2D eigenvalue weighted by Gasteiger charge is 2.20. The zero-order valence-corrected chi connectivity index (χ0v) is 14.2. The van der Waals surface area contributed by atoms with Crippen molar-refractivity contribution >= 4 is 22.7 Å². The number of nitrogens with zero attached hydrogens (tertiary/aromatic N) is 2. The zero-order chi connectivity index (χ0) is 18.0. The number of rotatable bonds is 6. The third kappa shape index (κ3) is 3.10. The van der Waals surface area contributed by atoms with E-state index in [1.54, 1.807) is 18.2 Å². The van der Waals surface area contributed by atoms with Gasteiger partial charge in [0, 0.05) is 28.9 Å². The predicted molar refractivity (Wildman–Crippen MR) is 94.8 cm³/mol. The Balaban J connectivity index is 1.73. The molecule has 0 radical (unpaired) electrons. The molecule has 0 bridgehead atoms. The van der Waals surface area contributed by atoms with E-state index in [-0.39, 0.29) is 18.1 Å². The molecule has 0 aliphatic rings. The maximum absolute atomic E-state index is 12.4. The standard InChI is InChI=1S/C19H19N3O3/c1-4-9-22-12(2)10-15(13(22)3)17(23)11-25-19(24)18-14-7-5-6-8-16(14)20-21-18/h4-8,10H,1,9,11H2,2-3H3,(H,20,21). The van der Waals surface area contributed by atoms with Gasteiger partial charge in [0.15, 0.2) is 12.3 Å². The van der Waals surface area contributed by atoms with Crippen molar-refractivity contribution in [2.45, 2.75) is 20.4 Å². The topological polar surface area (TPSA) is 77.0 Å². The Labute approximate surface area is 145 Å². The lowest BCUT2D eigenvalue weighted by atomic mass is 10.1. The summed E-state index contributed by atoms with van der Waals surface area (Å²) in [6.45, 7) is 7.82. The second-order valence-electron chi connectivity index (χ2n) is 5.80. The van der Waals surface area contributed by atoms with Gasteiger partial charge in [-0.25, -0.2) is 4.79 Å². The second kappa shape index (κ2) is 6.76. The SMILES string of the molecule is C=CCn1c(C)cc(C(=O)COC(=O)c2n[nH]c3ccccc23)c1C. The molecule has 0 amide bonds. The molecule has 128 valence electrons. The Morgan fingerprint density at radius 2 is 2.08 bits per heavy atom. The first kappa shape index (κ1) is 16.7. The Kier molecular flexibility index (Phi) is 4.52. The number of aromatic amines is 1. The number of nitrogens with one attached hydrogen (secondary N) is 1. The van der Waals surface area contributed by atoms with Gasteiger partial charge in [-0.15, -0.1) is 6.58 Å². The van der Waals surface area contributed by atoms with Crippen LogP contribution in [-0.2, 0) is 11.3 Å². The lowest BCUT2D eigenvalue weighted by Gasteiger charge is -2.06. The van der Waals surface area contributed by atoms with Crippen LogP contribution in [0, 0.1) is 13.8 Å². The molecule has 3 aromatic rings. The summed E-state index contributed by atoms with van der Waals surface area (Å²) < 4.78 is 7.16. The largest absolute Gasteiger partial charge is 0.452 e. The molecule has 0 aliphatic carbocycles. The van der Waals surface area contributed by atoms with Gasteiger partial charge in [0.1, 0.15) is 0 Å². The number of hydrogen-bond acceptors (Lipinski definition) is 4. The van der Waals surface area contributed by atoms with Crippen LogP contribution < -0.4 is 0 Å². The van der Waals surface area contributed by atoms with Gasteiger partial charge in [-0.2, -0.15) is 5.10 Å². The molecule has 0 saturated heterocycles. The third-order valence-electron chi connectivity index (χ3n) is 4.18. The number of aromatic nitrogens is 3. The van der Waals surface area contributed by atoms with Gasteiger partial charge in [0.25, 0.3) is 0 Å². The summed E-state index contributed by atoms with van der Waals surface area (Å²) in [6.07, 6.45) is 1.77. The van der Waals surface area contributed by atoms with E-state index in [2.05, 4.69) is 16.8 Å². The number of esters is 1. The molecule has 0 saturated carbocycles. The first-order chi connectivity index (χ1) is 12.0. The molecule has 25 heavy (non-hydrogen) atoms. The Morgan fingerprint density at radius 3 is 2.84 bits per heavy atom. The molecule has 6 heteroatoms. The Bertz CT molecular complexity index is 966. The fourth-order valence-corrected chi connectivity index (χ4v) is 2.89. The average molecular weight is 337 g/mol. The second-order valence-corrected chi connectivity index (χ2v) is 5.80. The number of ether oxygens (including phenoxy) is 1. The first-order valence-corrected chi connectivity index (χ1v) is 7.94. The van der Waals surface area contributed by atoms with E-state index in [4.69, 9.17) is 4.74 Å². The van der Waals surface area contributed by atoms with Crippen LogP contribution in [0.4, 0.5) is 0 Å². The molecule has 0 atom stereocenters. The van der Waals surface area contributed by atoms with E-state index in [9.17, 15) is 9.59 Å². The number of aryl methyl sites for hydroxylation is 1. The van der Waals surface area contributed by atoms with Crippen molar-refractivity contribution in [2.24, 2.45) is 0 Å². The highest BCUT2D eigenvalue weighted by Crippen LogP contribution is 2.18. The van der Waals surface area contributed by atoms with Gasteiger partial charge in [-0.1, -0.05) is 24.3 Å². The Morgan fingerprint density at radius 1 is 1.32 bits per heavy atom. The molecular weight excluding hydrogens is 318 g/mol. The molecule has 0 aliphatic heterocycles. The van der Waals surface area contributed by atoms with Crippen LogP contribution in [0.1, 0.15) is 32.2 Å². The number of carbonyl (C=O) groups excluding carboxylic acids is 2. The summed E-state index contributed by atoms with van der Waals surface area (Å²) in [6, 6.07) is 9.06. The van der Waals surface area contributed by atoms with Crippen LogP contribution in [0.2, 0.25) is 0 Å². The van der Waals surface area contributed by atoms with Gasteiger partial charge >= 0.3 is 5.97 Å². The summed E-state index contributed by atoms with van der Waals surface area (Å²) in [5.41, 5.74) is 3.28. The fraction of sp³-hybridized carbons (Fsp3) is 0.211. The van der Waals surface area contributed by atoms with E-state index in [0.717, 1.165) is 16.9 Å². The number of fused-ring (bicyclic) bond motifs is 1. The molecule has 3 rings (SSSR count). The van der Waals surface area contributed by atoms with Crippen molar-refractivity contribution in [3.05, 3.63) is 65.6 Å². The van der Waals surface area contributed by atoms with Crippen LogP contribution in [0.3, 0.4) is 0 Å². The van der Waals surface area contributed by atoms with Crippen molar-refractivity contribution in [1.29, 1.82) is 0 Å². The molecule has 0 unspecified atom stereocenters. The van der Waals surface area contributed by atoms with Gasteiger partial charge in [0.2, 0.25) is 5.78 Å². The van der Waals surface area contributed by atoms with Crippen LogP contribution in [-0.4, -0.2) is 33.1 Å². The van der Waals surface area contributed by atoms with Gasteiger partial charge in [-0.05, 0) is 26.0 Å². The molecule has 2 aromatic heterocycles. The number of Topliss-reactive ketones (excluding diaryl/α,β-unsaturated/α-hetero) is 1.